The second-order valence-corrected chi connectivity index (χ2v) is 8.59. The van der Waals surface area contributed by atoms with Crippen LogP contribution in [0.2, 0.25) is 0 Å². The van der Waals surface area contributed by atoms with Crippen molar-refractivity contribution < 1.29 is 33.6 Å². The van der Waals surface area contributed by atoms with E-state index in [9.17, 15) is 14.7 Å². The third-order valence-electron chi connectivity index (χ3n) is 5.64. The maximum absolute atomic E-state index is 12.9. The Labute approximate surface area is 228 Å². The van der Waals surface area contributed by atoms with Crippen LogP contribution >= 0.6 is 0 Å². The van der Waals surface area contributed by atoms with Crippen LogP contribution in [-0.2, 0) is 32.0 Å². The zero-order valence-electron chi connectivity index (χ0n) is 22.0. The van der Waals surface area contributed by atoms with Gasteiger partial charge in [0, 0.05) is 26.8 Å². The van der Waals surface area contributed by atoms with Gasteiger partial charge in [-0.05, 0) is 41.3 Å². The maximum atomic E-state index is 12.9. The number of carbonyl (C=O) groups is 2. The SMILES string of the molecule is COCOc1ccc(/C=C/C(=O)NC(Cc2ccccc2)C(O)C(=O)NCc2ccccc2)cc1OCOC. The van der Waals surface area contributed by atoms with E-state index in [1.165, 1.54) is 20.3 Å². The first-order valence-electron chi connectivity index (χ1n) is 12.4. The fraction of sp³-hybridized carbons (Fsp3) is 0.267. The highest BCUT2D eigenvalue weighted by molar-refractivity contribution is 5.92. The molecule has 0 fully saturated rings. The maximum Gasteiger partial charge on any atom is 0.251 e. The predicted octanol–water partition coefficient (Wildman–Crippen LogP) is 3.07. The summed E-state index contributed by atoms with van der Waals surface area (Å²) in [7, 11) is 3.02. The van der Waals surface area contributed by atoms with Crippen molar-refractivity contribution in [2.24, 2.45) is 0 Å². The molecule has 3 aromatic carbocycles. The van der Waals surface area contributed by atoms with Crippen LogP contribution in [0.15, 0.2) is 84.9 Å². The standard InChI is InChI=1S/C30H34N2O7/c1-36-20-38-26-15-13-23(18-27(26)39-21-37-2)14-16-28(33)32-25(17-22-9-5-3-6-10-22)29(34)30(35)31-19-24-11-7-4-8-12-24/h3-16,18,25,29,34H,17,19-21H2,1-2H3,(H,31,35)(H,32,33)/b16-14+. The Bertz CT molecular complexity index is 1200. The fourth-order valence-corrected chi connectivity index (χ4v) is 3.69. The molecule has 3 rings (SSSR count). The summed E-state index contributed by atoms with van der Waals surface area (Å²) in [5.41, 5.74) is 2.44. The van der Waals surface area contributed by atoms with Crippen LogP contribution in [0.1, 0.15) is 16.7 Å². The lowest BCUT2D eigenvalue weighted by Gasteiger charge is -2.23. The first-order valence-corrected chi connectivity index (χ1v) is 12.4. The molecule has 0 heterocycles. The molecule has 0 aromatic heterocycles. The van der Waals surface area contributed by atoms with E-state index in [4.69, 9.17) is 18.9 Å². The average Bonchev–Trinajstić information content (AvgIpc) is 2.97. The van der Waals surface area contributed by atoms with Crippen LogP contribution in [0.25, 0.3) is 6.08 Å². The molecule has 0 radical (unpaired) electrons. The van der Waals surface area contributed by atoms with E-state index in [0.717, 1.165) is 11.1 Å². The second kappa shape index (κ2) is 15.9. The highest BCUT2D eigenvalue weighted by Gasteiger charge is 2.27. The lowest BCUT2D eigenvalue weighted by molar-refractivity contribution is -0.131. The fourth-order valence-electron chi connectivity index (χ4n) is 3.69. The molecule has 0 aliphatic carbocycles. The number of ether oxygens (including phenoxy) is 4. The Balaban J connectivity index is 1.69. The lowest BCUT2D eigenvalue weighted by Crippen LogP contribution is -2.51. The first-order chi connectivity index (χ1) is 19.0. The zero-order chi connectivity index (χ0) is 27.9. The normalized spacial score (nSPS) is 12.5. The molecular formula is C30H34N2O7. The zero-order valence-corrected chi connectivity index (χ0v) is 22.0. The topological polar surface area (TPSA) is 115 Å². The van der Waals surface area contributed by atoms with Gasteiger partial charge in [-0.25, -0.2) is 0 Å². The van der Waals surface area contributed by atoms with Crippen LogP contribution in [0.5, 0.6) is 11.5 Å². The smallest absolute Gasteiger partial charge is 0.251 e. The number of amides is 2. The number of benzene rings is 3. The van der Waals surface area contributed by atoms with E-state index in [-0.39, 0.29) is 26.6 Å². The van der Waals surface area contributed by atoms with Crippen molar-refractivity contribution in [2.45, 2.75) is 25.1 Å². The summed E-state index contributed by atoms with van der Waals surface area (Å²) in [6, 6.07) is 23.0. The van der Waals surface area contributed by atoms with Gasteiger partial charge >= 0.3 is 0 Å². The Morgan fingerprint density at radius 3 is 2.10 bits per heavy atom. The van der Waals surface area contributed by atoms with E-state index in [2.05, 4.69) is 10.6 Å². The van der Waals surface area contributed by atoms with Gasteiger partial charge in [0.1, 0.15) is 0 Å². The van der Waals surface area contributed by atoms with Crippen molar-refractivity contribution in [3.05, 3.63) is 102 Å². The van der Waals surface area contributed by atoms with E-state index in [1.807, 2.05) is 60.7 Å². The molecule has 9 nitrogen and oxygen atoms in total. The summed E-state index contributed by atoms with van der Waals surface area (Å²) in [6.45, 7) is 0.327. The average molecular weight is 535 g/mol. The summed E-state index contributed by atoms with van der Waals surface area (Å²) in [6.07, 6.45) is 1.73. The van der Waals surface area contributed by atoms with E-state index in [0.29, 0.717) is 17.1 Å². The van der Waals surface area contributed by atoms with Gasteiger partial charge in [-0.1, -0.05) is 66.7 Å². The van der Waals surface area contributed by atoms with Gasteiger partial charge in [-0.15, -0.1) is 0 Å². The number of nitrogens with one attached hydrogen (secondary N) is 2. The molecule has 2 atom stereocenters. The Morgan fingerprint density at radius 1 is 0.846 bits per heavy atom. The van der Waals surface area contributed by atoms with Crippen molar-refractivity contribution in [2.75, 3.05) is 27.8 Å². The Morgan fingerprint density at radius 2 is 1.46 bits per heavy atom. The molecule has 0 bridgehead atoms. The molecule has 0 saturated carbocycles. The van der Waals surface area contributed by atoms with Crippen molar-refractivity contribution >= 4 is 17.9 Å². The van der Waals surface area contributed by atoms with Crippen LogP contribution < -0.4 is 20.1 Å². The highest BCUT2D eigenvalue weighted by Crippen LogP contribution is 2.29. The first kappa shape index (κ1) is 29.4. The van der Waals surface area contributed by atoms with Gasteiger partial charge in [0.05, 0.1) is 6.04 Å². The van der Waals surface area contributed by atoms with Crippen molar-refractivity contribution in [3.63, 3.8) is 0 Å². The largest absolute Gasteiger partial charge is 0.464 e. The Hall–Kier alpha value is -4.18. The molecule has 2 amide bonds. The van der Waals surface area contributed by atoms with Gasteiger partial charge in [0.15, 0.2) is 31.2 Å². The molecular weight excluding hydrogens is 500 g/mol. The molecule has 9 heteroatoms. The van der Waals surface area contributed by atoms with Crippen LogP contribution in [0.3, 0.4) is 0 Å². The van der Waals surface area contributed by atoms with E-state index < -0.39 is 24.0 Å². The summed E-state index contributed by atoms with van der Waals surface area (Å²) >= 11 is 0. The molecule has 2 unspecified atom stereocenters. The van der Waals surface area contributed by atoms with Crippen LogP contribution in [-0.4, -0.2) is 56.9 Å². The predicted molar refractivity (Wildman–Crippen MR) is 147 cm³/mol. The van der Waals surface area contributed by atoms with Crippen molar-refractivity contribution in [3.8, 4) is 11.5 Å². The van der Waals surface area contributed by atoms with E-state index >= 15 is 0 Å². The number of aliphatic hydroxyl groups excluding tert-OH is 1. The second-order valence-electron chi connectivity index (χ2n) is 8.59. The lowest BCUT2D eigenvalue weighted by atomic mass is 10.0. The number of rotatable bonds is 15. The van der Waals surface area contributed by atoms with Crippen LogP contribution in [0, 0.1) is 0 Å². The summed E-state index contributed by atoms with van der Waals surface area (Å²) in [5, 5.41) is 16.4. The van der Waals surface area contributed by atoms with Crippen molar-refractivity contribution in [1.82, 2.24) is 10.6 Å². The molecule has 0 aliphatic rings. The molecule has 0 saturated heterocycles. The summed E-state index contributed by atoms with van der Waals surface area (Å²) in [4.78, 5) is 25.6. The van der Waals surface area contributed by atoms with E-state index in [1.54, 1.807) is 24.3 Å². The molecule has 3 aromatic rings. The quantitative estimate of drug-likeness (QED) is 0.203. The molecule has 206 valence electrons. The van der Waals surface area contributed by atoms with Gasteiger partial charge in [-0.3, -0.25) is 9.59 Å². The van der Waals surface area contributed by atoms with Crippen molar-refractivity contribution in [1.29, 1.82) is 0 Å². The van der Waals surface area contributed by atoms with Gasteiger partial charge in [-0.2, -0.15) is 0 Å². The van der Waals surface area contributed by atoms with Gasteiger partial charge in [0.25, 0.3) is 5.91 Å². The molecule has 39 heavy (non-hydrogen) atoms. The molecule has 0 spiro atoms. The third-order valence-corrected chi connectivity index (χ3v) is 5.64. The molecule has 0 aliphatic heterocycles. The monoisotopic (exact) mass is 534 g/mol. The minimum Gasteiger partial charge on any atom is -0.464 e. The number of carbonyl (C=O) groups excluding carboxylic acids is 2. The Kier molecular flexibility index (Phi) is 12.0. The number of methoxy groups -OCH3 is 2. The number of aliphatic hydroxyl groups is 1. The minimum absolute atomic E-state index is 0.0163. The highest BCUT2D eigenvalue weighted by atomic mass is 16.7. The minimum atomic E-state index is -1.46. The van der Waals surface area contributed by atoms with Gasteiger partial charge in [0.2, 0.25) is 5.91 Å². The third kappa shape index (κ3) is 9.90. The van der Waals surface area contributed by atoms with Gasteiger partial charge < -0.3 is 34.7 Å². The number of hydrogen-bond donors (Lipinski definition) is 3. The summed E-state index contributed by atoms with van der Waals surface area (Å²) in [5.74, 6) is -0.160. The molecule has 3 N–H and O–H groups in total. The number of hydrogen-bond acceptors (Lipinski definition) is 7. The van der Waals surface area contributed by atoms with Crippen LogP contribution in [0.4, 0.5) is 0 Å². The summed E-state index contributed by atoms with van der Waals surface area (Å²) < 4.78 is 21.0.